The highest BCUT2D eigenvalue weighted by Gasteiger charge is 1.76. The van der Waals surface area contributed by atoms with E-state index in [1.54, 1.807) is 0 Å². The van der Waals surface area contributed by atoms with Crippen molar-refractivity contribution in [2.24, 2.45) is 0 Å². The van der Waals surface area contributed by atoms with Crippen molar-refractivity contribution in [1.29, 1.82) is 0 Å². The Hall–Kier alpha value is -0.780. The molecule has 0 nitrogen and oxygen atoms in total. The molecule has 0 unspecified atom stereocenters. The van der Waals surface area contributed by atoms with E-state index < -0.39 is 0 Å². The van der Waals surface area contributed by atoms with Crippen LogP contribution in [0.4, 0.5) is 0 Å². The molecule has 0 spiro atoms. The summed E-state index contributed by atoms with van der Waals surface area (Å²) in [6.07, 6.45) is 20.6. The van der Waals surface area contributed by atoms with E-state index in [0.717, 1.165) is 0 Å². The third-order valence-corrected chi connectivity index (χ3v) is 2.05. The highest BCUT2D eigenvalue weighted by molar-refractivity contribution is 5.10. The Morgan fingerprint density at radius 3 is 1.43 bits per heavy atom. The van der Waals surface area contributed by atoms with E-state index in [2.05, 4.69) is 50.3 Å². The maximum atomic E-state index is 2.24. The van der Waals surface area contributed by atoms with Gasteiger partial charge in [-0.1, -0.05) is 76.0 Å². The zero-order valence-electron chi connectivity index (χ0n) is 9.71. The molecular formula is C14H24. The molecule has 0 atom stereocenters. The Kier molecular flexibility index (Phi) is 11.5. The van der Waals surface area contributed by atoms with E-state index in [-0.39, 0.29) is 0 Å². The Morgan fingerprint density at radius 2 is 1.07 bits per heavy atom. The number of unbranched alkanes of at least 4 members (excludes halogenated alkanes) is 4. The summed E-state index contributed by atoms with van der Waals surface area (Å²) in [5.74, 6) is 0. The molecule has 0 bridgehead atoms. The molecule has 0 heterocycles. The van der Waals surface area contributed by atoms with Gasteiger partial charge in [-0.15, -0.1) is 0 Å². The molecule has 0 heteroatoms. The lowest BCUT2D eigenvalue weighted by Gasteiger charge is -1.86. The summed E-state index contributed by atoms with van der Waals surface area (Å²) >= 11 is 0. The Balaban J connectivity index is 3.33. The molecule has 0 aromatic rings. The quantitative estimate of drug-likeness (QED) is 0.373. The average Bonchev–Trinajstić information content (AvgIpc) is 2.21. The third-order valence-electron chi connectivity index (χ3n) is 2.05. The molecule has 80 valence electrons. The molecule has 0 amide bonds. The summed E-state index contributed by atoms with van der Waals surface area (Å²) in [6.45, 7) is 4.44. The highest BCUT2D eigenvalue weighted by Crippen LogP contribution is 1.96. The molecule has 0 aliphatic heterocycles. The van der Waals surface area contributed by atoms with Crippen molar-refractivity contribution in [3.05, 3.63) is 36.5 Å². The lowest BCUT2D eigenvalue weighted by molar-refractivity contribution is 0.814. The van der Waals surface area contributed by atoms with Gasteiger partial charge in [0.05, 0.1) is 0 Å². The van der Waals surface area contributed by atoms with Gasteiger partial charge < -0.3 is 0 Å². The van der Waals surface area contributed by atoms with Gasteiger partial charge in [-0.25, -0.2) is 0 Å². The van der Waals surface area contributed by atoms with Crippen LogP contribution in [-0.2, 0) is 0 Å². The van der Waals surface area contributed by atoms with Crippen LogP contribution in [0.2, 0.25) is 0 Å². The molecule has 0 saturated heterocycles. The molecule has 0 radical (unpaired) electrons. The van der Waals surface area contributed by atoms with Crippen molar-refractivity contribution in [3.63, 3.8) is 0 Å². The van der Waals surface area contributed by atoms with E-state index in [0.29, 0.717) is 0 Å². The van der Waals surface area contributed by atoms with E-state index in [9.17, 15) is 0 Å². The van der Waals surface area contributed by atoms with Crippen LogP contribution in [0.1, 0.15) is 52.4 Å². The number of hydrogen-bond donors (Lipinski definition) is 0. The van der Waals surface area contributed by atoms with Gasteiger partial charge in [-0.2, -0.15) is 0 Å². The first-order valence-corrected chi connectivity index (χ1v) is 5.90. The van der Waals surface area contributed by atoms with Gasteiger partial charge >= 0.3 is 0 Å². The molecule has 0 aliphatic carbocycles. The average molecular weight is 192 g/mol. The summed E-state index contributed by atoms with van der Waals surface area (Å²) in [7, 11) is 0. The van der Waals surface area contributed by atoms with E-state index in [1.165, 1.54) is 38.5 Å². The Bertz CT molecular complexity index is 152. The van der Waals surface area contributed by atoms with Crippen molar-refractivity contribution in [2.45, 2.75) is 52.4 Å². The maximum Gasteiger partial charge on any atom is -0.0348 e. The van der Waals surface area contributed by atoms with Crippen LogP contribution in [0.25, 0.3) is 0 Å². The molecule has 0 aliphatic rings. The van der Waals surface area contributed by atoms with Gasteiger partial charge in [0.1, 0.15) is 0 Å². The minimum atomic E-state index is 1.21. The first kappa shape index (κ1) is 13.2. The normalized spacial score (nSPS) is 12.4. The van der Waals surface area contributed by atoms with Crippen LogP contribution in [0.5, 0.6) is 0 Å². The summed E-state index contributed by atoms with van der Waals surface area (Å²) in [5.41, 5.74) is 0. The molecule has 0 saturated carbocycles. The van der Waals surface area contributed by atoms with Crippen LogP contribution in [0.3, 0.4) is 0 Å². The topological polar surface area (TPSA) is 0 Å². The predicted octanol–water partition coefficient (Wildman–Crippen LogP) is 5.04. The summed E-state index contributed by atoms with van der Waals surface area (Å²) < 4.78 is 0. The van der Waals surface area contributed by atoms with Gasteiger partial charge in [0.2, 0.25) is 0 Å². The minimum Gasteiger partial charge on any atom is -0.0845 e. The molecule has 14 heavy (non-hydrogen) atoms. The third kappa shape index (κ3) is 11.2. The monoisotopic (exact) mass is 192 g/mol. The fourth-order valence-corrected chi connectivity index (χ4v) is 1.12. The van der Waals surface area contributed by atoms with Gasteiger partial charge in [0.15, 0.2) is 0 Å². The van der Waals surface area contributed by atoms with E-state index in [1.807, 2.05) is 0 Å². The number of rotatable bonds is 8. The first-order valence-electron chi connectivity index (χ1n) is 5.90. The van der Waals surface area contributed by atoms with Crippen molar-refractivity contribution in [1.82, 2.24) is 0 Å². The van der Waals surface area contributed by atoms with Crippen molar-refractivity contribution >= 4 is 0 Å². The van der Waals surface area contributed by atoms with E-state index >= 15 is 0 Å². The molecule has 0 N–H and O–H groups in total. The predicted molar refractivity (Wildman–Crippen MR) is 66.5 cm³/mol. The van der Waals surface area contributed by atoms with Crippen LogP contribution in [-0.4, -0.2) is 0 Å². The smallest absolute Gasteiger partial charge is 0.0348 e. The number of allylic oxidation sites excluding steroid dienone is 6. The lowest BCUT2D eigenvalue weighted by Crippen LogP contribution is -1.65. The zero-order valence-corrected chi connectivity index (χ0v) is 9.71. The van der Waals surface area contributed by atoms with Gasteiger partial charge in [-0.05, 0) is 12.8 Å². The first-order chi connectivity index (χ1) is 6.91. The fraction of sp³-hybridized carbons (Fsp3) is 0.571. The molecule has 0 aromatic heterocycles. The zero-order chi connectivity index (χ0) is 10.5. The standard InChI is InChI=1S/C14H24/c1-3-5-7-9-11-13-14-12-10-8-6-4-2/h9-14H,3-8H2,1-2H3. The SMILES string of the molecule is CCCCC=CC=CC=CCCCC. The van der Waals surface area contributed by atoms with Crippen molar-refractivity contribution < 1.29 is 0 Å². The second-order valence-electron chi connectivity index (χ2n) is 3.53. The van der Waals surface area contributed by atoms with Crippen LogP contribution < -0.4 is 0 Å². The van der Waals surface area contributed by atoms with Crippen LogP contribution >= 0.6 is 0 Å². The second-order valence-corrected chi connectivity index (χ2v) is 3.53. The van der Waals surface area contributed by atoms with Crippen molar-refractivity contribution in [3.8, 4) is 0 Å². The summed E-state index contributed by atoms with van der Waals surface area (Å²) in [5, 5.41) is 0. The summed E-state index contributed by atoms with van der Waals surface area (Å²) in [4.78, 5) is 0. The second kappa shape index (κ2) is 12.2. The van der Waals surface area contributed by atoms with Crippen LogP contribution in [0, 0.1) is 0 Å². The van der Waals surface area contributed by atoms with Gasteiger partial charge in [0, 0.05) is 0 Å². The molecule has 0 rings (SSSR count). The lowest BCUT2D eigenvalue weighted by atomic mass is 10.2. The molecular weight excluding hydrogens is 168 g/mol. The maximum absolute atomic E-state index is 2.24. The number of hydrogen-bond acceptors (Lipinski definition) is 0. The Labute approximate surface area is 89.4 Å². The highest BCUT2D eigenvalue weighted by atomic mass is 13.8. The van der Waals surface area contributed by atoms with Gasteiger partial charge in [-0.3, -0.25) is 0 Å². The molecule has 0 fully saturated rings. The fourth-order valence-electron chi connectivity index (χ4n) is 1.12. The van der Waals surface area contributed by atoms with E-state index in [4.69, 9.17) is 0 Å². The van der Waals surface area contributed by atoms with Crippen molar-refractivity contribution in [2.75, 3.05) is 0 Å². The summed E-state index contributed by atoms with van der Waals surface area (Å²) in [6, 6.07) is 0. The minimum absolute atomic E-state index is 1.21. The van der Waals surface area contributed by atoms with Gasteiger partial charge in [0.25, 0.3) is 0 Å². The van der Waals surface area contributed by atoms with Crippen LogP contribution in [0.15, 0.2) is 36.5 Å². The Morgan fingerprint density at radius 1 is 0.643 bits per heavy atom. The largest absolute Gasteiger partial charge is 0.0845 e. The molecule has 0 aromatic carbocycles.